The summed E-state index contributed by atoms with van der Waals surface area (Å²) in [4.78, 5) is 22.5. The molecule has 4 nitrogen and oxygen atoms in total. The molecular weight excluding hydrogens is 168 g/mol. The van der Waals surface area contributed by atoms with Gasteiger partial charge in [-0.15, -0.1) is 0 Å². The minimum absolute atomic E-state index is 0.0199. The third-order valence-corrected chi connectivity index (χ3v) is 3.38. The zero-order valence-corrected chi connectivity index (χ0v) is 7.30. The summed E-state index contributed by atoms with van der Waals surface area (Å²) in [7, 11) is 0. The van der Waals surface area contributed by atoms with Crippen molar-refractivity contribution in [3.8, 4) is 0 Å². The normalized spacial score (nSPS) is 38.9. The van der Waals surface area contributed by atoms with Gasteiger partial charge in [0.15, 0.2) is 0 Å². The number of hydrogen-bond donors (Lipinski definition) is 2. The van der Waals surface area contributed by atoms with Gasteiger partial charge in [0.05, 0.1) is 5.41 Å². The molecule has 0 saturated heterocycles. The molecule has 70 valence electrons. The van der Waals surface area contributed by atoms with Gasteiger partial charge in [0.2, 0.25) is 11.8 Å². The maximum atomic E-state index is 11.4. The third kappa shape index (κ3) is 1.04. The van der Waals surface area contributed by atoms with Gasteiger partial charge in [-0.2, -0.15) is 0 Å². The fourth-order valence-electron chi connectivity index (χ4n) is 1.76. The zero-order valence-electron chi connectivity index (χ0n) is 7.30. The summed E-state index contributed by atoms with van der Waals surface area (Å²) in [5.41, 5.74) is 4.94. The number of fused-ring (bicyclic) bond motifs is 1. The van der Waals surface area contributed by atoms with E-state index in [4.69, 9.17) is 0 Å². The fourth-order valence-corrected chi connectivity index (χ4v) is 1.76. The maximum Gasteiger partial charge on any atom is 0.244 e. The summed E-state index contributed by atoms with van der Waals surface area (Å²) in [6, 6.07) is 0. The van der Waals surface area contributed by atoms with E-state index in [0.29, 0.717) is 5.92 Å². The number of rotatable bonds is 2. The van der Waals surface area contributed by atoms with Crippen LogP contribution in [0.5, 0.6) is 0 Å². The molecule has 0 aromatic rings. The monoisotopic (exact) mass is 180 g/mol. The van der Waals surface area contributed by atoms with E-state index in [2.05, 4.69) is 10.9 Å². The second kappa shape index (κ2) is 2.05. The van der Waals surface area contributed by atoms with Crippen molar-refractivity contribution in [1.82, 2.24) is 10.9 Å². The van der Waals surface area contributed by atoms with Crippen molar-refractivity contribution in [2.24, 2.45) is 17.3 Å². The number of carbonyl (C=O) groups excluding carboxylic acids is 2. The molecular formula is C9H12N2O2. The van der Waals surface area contributed by atoms with Gasteiger partial charge in [0.1, 0.15) is 0 Å². The smallest absolute Gasteiger partial charge is 0.244 e. The Hall–Kier alpha value is -1.06. The highest BCUT2D eigenvalue weighted by Crippen LogP contribution is 2.75. The first-order valence-corrected chi connectivity index (χ1v) is 4.83. The third-order valence-electron chi connectivity index (χ3n) is 3.38. The Morgan fingerprint density at radius 3 is 2.23 bits per heavy atom. The van der Waals surface area contributed by atoms with Crippen LogP contribution < -0.4 is 10.9 Å². The van der Waals surface area contributed by atoms with Gasteiger partial charge in [0.25, 0.3) is 0 Å². The second-order valence-corrected chi connectivity index (χ2v) is 4.48. The van der Waals surface area contributed by atoms with Gasteiger partial charge in [-0.3, -0.25) is 20.4 Å². The Morgan fingerprint density at radius 2 is 1.77 bits per heavy atom. The number of carbonyl (C=O) groups is 2. The van der Waals surface area contributed by atoms with Crippen LogP contribution in [0.15, 0.2) is 0 Å². The van der Waals surface area contributed by atoms with Crippen LogP contribution >= 0.6 is 0 Å². The van der Waals surface area contributed by atoms with Gasteiger partial charge in [-0.25, -0.2) is 0 Å². The lowest BCUT2D eigenvalue weighted by Crippen LogP contribution is -2.44. The average Bonchev–Trinajstić information content (AvgIpc) is 2.91. The van der Waals surface area contributed by atoms with Crippen LogP contribution in [-0.2, 0) is 9.59 Å². The van der Waals surface area contributed by atoms with Crippen molar-refractivity contribution in [3.63, 3.8) is 0 Å². The number of nitrogens with one attached hydrogen (secondary N) is 2. The van der Waals surface area contributed by atoms with E-state index >= 15 is 0 Å². The molecule has 0 unspecified atom stereocenters. The summed E-state index contributed by atoms with van der Waals surface area (Å²) in [6.45, 7) is 0. The average molecular weight is 180 g/mol. The molecule has 0 heterocycles. The first-order valence-electron chi connectivity index (χ1n) is 4.83. The van der Waals surface area contributed by atoms with Crippen LogP contribution in [0.3, 0.4) is 0 Å². The first-order chi connectivity index (χ1) is 6.22. The lowest BCUT2D eigenvalue weighted by molar-refractivity contribution is -0.131. The van der Waals surface area contributed by atoms with Crippen LogP contribution in [0.1, 0.15) is 25.7 Å². The van der Waals surface area contributed by atoms with E-state index in [1.54, 1.807) is 0 Å². The molecule has 3 aliphatic carbocycles. The van der Waals surface area contributed by atoms with E-state index in [0.717, 1.165) is 25.7 Å². The fraction of sp³-hybridized carbons (Fsp3) is 0.778. The Labute approximate surface area is 76.0 Å². The van der Waals surface area contributed by atoms with Gasteiger partial charge < -0.3 is 0 Å². The lowest BCUT2D eigenvalue weighted by Gasteiger charge is -2.07. The molecule has 0 spiro atoms. The molecule has 3 rings (SSSR count). The standard InChI is InChI=1S/C9H12N2O2/c12-7(5-1-2-5)10-11-8(13)9-3-6(9)4-9/h5-6H,1-4H2,(H,10,12)(H,11,13). The minimum atomic E-state index is -0.0448. The van der Waals surface area contributed by atoms with Crippen LogP contribution in [0.4, 0.5) is 0 Å². The number of amides is 2. The predicted octanol–water partition coefficient (Wildman–Crippen LogP) is -0.0462. The number of hydrazine groups is 1. The molecule has 3 fully saturated rings. The second-order valence-electron chi connectivity index (χ2n) is 4.48. The molecule has 4 heteroatoms. The van der Waals surface area contributed by atoms with Crippen LogP contribution in [0.2, 0.25) is 0 Å². The Bertz CT molecular complexity index is 290. The summed E-state index contributed by atoms with van der Waals surface area (Å²) < 4.78 is 0. The number of hydrogen-bond acceptors (Lipinski definition) is 2. The highest BCUT2D eigenvalue weighted by atomic mass is 16.2. The molecule has 0 aromatic carbocycles. The van der Waals surface area contributed by atoms with Gasteiger partial charge >= 0.3 is 0 Å². The molecule has 13 heavy (non-hydrogen) atoms. The van der Waals surface area contributed by atoms with Gasteiger partial charge in [-0.1, -0.05) is 0 Å². The van der Waals surface area contributed by atoms with E-state index in [1.165, 1.54) is 0 Å². The Morgan fingerprint density at radius 1 is 1.15 bits per heavy atom. The Kier molecular flexibility index (Phi) is 1.16. The van der Waals surface area contributed by atoms with Crippen LogP contribution in [0.25, 0.3) is 0 Å². The van der Waals surface area contributed by atoms with Gasteiger partial charge in [-0.05, 0) is 31.6 Å². The molecule has 0 radical (unpaired) electrons. The summed E-state index contributed by atoms with van der Waals surface area (Å²) in [5.74, 6) is 0.784. The lowest BCUT2D eigenvalue weighted by atomic mass is 10.2. The van der Waals surface area contributed by atoms with Crippen LogP contribution in [0, 0.1) is 17.3 Å². The van der Waals surface area contributed by atoms with Crippen molar-refractivity contribution in [1.29, 1.82) is 0 Å². The van der Waals surface area contributed by atoms with Crippen molar-refractivity contribution in [3.05, 3.63) is 0 Å². The molecule has 0 atom stereocenters. The van der Waals surface area contributed by atoms with E-state index in [9.17, 15) is 9.59 Å². The largest absolute Gasteiger partial charge is 0.273 e. The van der Waals surface area contributed by atoms with Crippen LogP contribution in [-0.4, -0.2) is 11.8 Å². The SMILES string of the molecule is O=C(NNC(=O)C12CC1C2)C1CC1. The molecule has 3 saturated carbocycles. The van der Waals surface area contributed by atoms with E-state index < -0.39 is 0 Å². The molecule has 2 N–H and O–H groups in total. The van der Waals surface area contributed by atoms with Crippen molar-refractivity contribution >= 4 is 11.8 Å². The summed E-state index contributed by atoms with van der Waals surface area (Å²) >= 11 is 0. The van der Waals surface area contributed by atoms with Crippen molar-refractivity contribution < 1.29 is 9.59 Å². The zero-order chi connectivity index (χ0) is 9.05. The molecule has 0 bridgehead atoms. The van der Waals surface area contributed by atoms with Crippen molar-refractivity contribution in [2.45, 2.75) is 25.7 Å². The highest BCUT2D eigenvalue weighted by Gasteiger charge is 2.74. The van der Waals surface area contributed by atoms with E-state index in [-0.39, 0.29) is 23.1 Å². The first kappa shape index (κ1) is 7.35. The maximum absolute atomic E-state index is 11.4. The Balaban J connectivity index is 1.47. The van der Waals surface area contributed by atoms with Crippen molar-refractivity contribution in [2.75, 3.05) is 0 Å². The van der Waals surface area contributed by atoms with E-state index in [1.807, 2.05) is 0 Å². The molecule has 0 aliphatic heterocycles. The molecule has 0 aromatic heterocycles. The molecule has 3 aliphatic rings. The summed E-state index contributed by atoms with van der Waals surface area (Å²) in [6.07, 6.45) is 3.99. The van der Waals surface area contributed by atoms with Gasteiger partial charge in [0, 0.05) is 5.92 Å². The topological polar surface area (TPSA) is 58.2 Å². The summed E-state index contributed by atoms with van der Waals surface area (Å²) in [5, 5.41) is 0. The minimum Gasteiger partial charge on any atom is -0.273 e. The quantitative estimate of drug-likeness (QED) is 0.585. The molecule has 2 amide bonds. The highest BCUT2D eigenvalue weighted by molar-refractivity contribution is 5.92. The predicted molar refractivity (Wildman–Crippen MR) is 44.2 cm³/mol.